The van der Waals surface area contributed by atoms with Gasteiger partial charge < -0.3 is 23.5 Å². The molecule has 11 aromatic rings. The molecule has 0 amide bonds. The van der Waals surface area contributed by atoms with Gasteiger partial charge in [0.05, 0.1) is 22.7 Å². The van der Waals surface area contributed by atoms with Gasteiger partial charge in [-0.3, -0.25) is 0 Å². The molecule has 9 aromatic carbocycles. The van der Waals surface area contributed by atoms with Gasteiger partial charge in [0.1, 0.15) is 11.2 Å². The molecule has 2 aliphatic heterocycles. The first-order chi connectivity index (χ1) is 35.6. The minimum absolute atomic E-state index is 0.196. The van der Waals surface area contributed by atoms with Gasteiger partial charge in [-0.05, 0) is 163 Å². The highest BCUT2D eigenvalue weighted by Crippen LogP contribution is 2.61. The van der Waals surface area contributed by atoms with E-state index in [4.69, 9.17) is 8.83 Å². The number of benzene rings is 9. The van der Waals surface area contributed by atoms with Crippen LogP contribution in [0.3, 0.4) is 0 Å². The molecule has 4 heterocycles. The van der Waals surface area contributed by atoms with Crippen LogP contribution in [0, 0.1) is 17.8 Å². The maximum Gasteiger partial charge on any atom is 0.297 e. The number of nitrogens with zero attached hydrogens (tertiary/aromatic N) is 3. The van der Waals surface area contributed by atoms with Gasteiger partial charge in [-0.15, -0.1) is 0 Å². The Hall–Kier alpha value is -8.22. The predicted molar refractivity (Wildman–Crippen MR) is 297 cm³/mol. The zero-order valence-corrected chi connectivity index (χ0v) is 39.9. The quantitative estimate of drug-likeness (QED) is 0.149. The Morgan fingerprint density at radius 3 is 1.85 bits per heavy atom. The van der Waals surface area contributed by atoms with Crippen LogP contribution in [0.2, 0.25) is 0 Å². The van der Waals surface area contributed by atoms with E-state index in [-0.39, 0.29) is 6.71 Å². The second-order valence-corrected chi connectivity index (χ2v) is 21.4. The van der Waals surface area contributed by atoms with E-state index in [0.717, 1.165) is 107 Å². The molecule has 0 N–H and O–H groups in total. The number of hydrogen-bond acceptors (Lipinski definition) is 5. The maximum atomic E-state index is 7.28. The zero-order valence-electron chi connectivity index (χ0n) is 39.9. The topological polar surface area (TPSA) is 36.0 Å². The van der Waals surface area contributed by atoms with Gasteiger partial charge in [0.2, 0.25) is 0 Å². The number of furan rings is 2. The molecule has 4 fully saturated rings. The smallest absolute Gasteiger partial charge is 0.297 e. The molecule has 5 nitrogen and oxygen atoms in total. The van der Waals surface area contributed by atoms with E-state index in [9.17, 15) is 0 Å². The lowest BCUT2D eigenvalue weighted by atomic mass is 9.35. The average Bonchev–Trinajstić information content (AvgIpc) is 4.01. The fourth-order valence-electron chi connectivity index (χ4n) is 14.9. The predicted octanol–water partition coefficient (Wildman–Crippen LogP) is 16.0. The molecule has 0 unspecified atom stereocenters. The van der Waals surface area contributed by atoms with Gasteiger partial charge >= 0.3 is 0 Å². The number of anilines is 9. The largest absolute Gasteiger partial charge is 0.468 e. The third-order valence-electron chi connectivity index (χ3n) is 17.4. The summed E-state index contributed by atoms with van der Waals surface area (Å²) in [5.74, 6) is 2.68. The van der Waals surface area contributed by atoms with Crippen molar-refractivity contribution in [1.29, 1.82) is 0 Å². The van der Waals surface area contributed by atoms with Crippen molar-refractivity contribution in [3.05, 3.63) is 218 Å². The Morgan fingerprint density at radius 1 is 0.472 bits per heavy atom. The Bertz CT molecular complexity index is 3920. The minimum Gasteiger partial charge on any atom is -0.468 e. The van der Waals surface area contributed by atoms with Crippen LogP contribution in [0.4, 0.5) is 51.2 Å². The van der Waals surface area contributed by atoms with Crippen molar-refractivity contribution in [3.63, 3.8) is 0 Å². The summed E-state index contributed by atoms with van der Waals surface area (Å²) in [6.07, 6.45) is 8.39. The molecule has 72 heavy (non-hydrogen) atoms. The van der Waals surface area contributed by atoms with Crippen molar-refractivity contribution >= 4 is 107 Å². The number of hydrogen-bond donors (Lipinski definition) is 0. The summed E-state index contributed by atoms with van der Waals surface area (Å²) in [4.78, 5) is 7.40. The number of para-hydroxylation sites is 5. The Balaban J connectivity index is 0.936. The van der Waals surface area contributed by atoms with Crippen LogP contribution in [0.15, 0.2) is 221 Å². The summed E-state index contributed by atoms with van der Waals surface area (Å²) < 4.78 is 14.2. The molecule has 6 aliphatic rings. The molecule has 4 saturated carbocycles. The molecule has 4 bridgehead atoms. The van der Waals surface area contributed by atoms with Crippen molar-refractivity contribution < 1.29 is 8.83 Å². The summed E-state index contributed by atoms with van der Waals surface area (Å²) in [6.45, 7) is -0.196. The van der Waals surface area contributed by atoms with Crippen LogP contribution >= 0.6 is 0 Å². The van der Waals surface area contributed by atoms with E-state index >= 15 is 0 Å². The van der Waals surface area contributed by atoms with E-state index in [1.54, 1.807) is 5.56 Å². The third-order valence-corrected chi connectivity index (χ3v) is 17.4. The SMILES string of the molecule is c1ccc(-c2ccccc2N(c2ccccc2)c2ccc3c(c2)N(c2cccc4c2oc2ccccc24)c2cccc4c2B3c2oc3ccccc3c2N4c2ccc(C34CC5CC(CC(C5)C3)C4)cc2)cc1. The van der Waals surface area contributed by atoms with Gasteiger partial charge in [-0.1, -0.05) is 133 Å². The number of fused-ring (bicyclic) bond motifs is 9. The molecule has 0 saturated heterocycles. The maximum absolute atomic E-state index is 7.28. The van der Waals surface area contributed by atoms with Crippen LogP contribution in [0.1, 0.15) is 44.1 Å². The molecule has 2 aromatic heterocycles. The van der Waals surface area contributed by atoms with Gasteiger partial charge in [0, 0.05) is 55.8 Å². The summed E-state index contributed by atoms with van der Waals surface area (Å²) in [6, 6.07) is 77.7. The van der Waals surface area contributed by atoms with Crippen molar-refractivity contribution in [1.82, 2.24) is 0 Å². The summed E-state index contributed by atoms with van der Waals surface area (Å²) in [7, 11) is 0. The molecule has 0 atom stereocenters. The van der Waals surface area contributed by atoms with Crippen LogP contribution in [0.5, 0.6) is 0 Å². The van der Waals surface area contributed by atoms with E-state index in [0.29, 0.717) is 5.41 Å². The fraction of sp³-hybridized carbons (Fsp3) is 0.152. The Kier molecular flexibility index (Phi) is 8.66. The lowest BCUT2D eigenvalue weighted by molar-refractivity contribution is -0.00518. The highest BCUT2D eigenvalue weighted by molar-refractivity contribution is 7.00. The van der Waals surface area contributed by atoms with Crippen LogP contribution in [-0.2, 0) is 5.41 Å². The van der Waals surface area contributed by atoms with Crippen LogP contribution in [-0.4, -0.2) is 6.71 Å². The first-order valence-corrected chi connectivity index (χ1v) is 26.0. The molecular formula is C66H50BN3O2. The summed E-state index contributed by atoms with van der Waals surface area (Å²) >= 11 is 0. The van der Waals surface area contributed by atoms with Crippen molar-refractivity contribution in [2.24, 2.45) is 17.8 Å². The lowest BCUT2D eigenvalue weighted by Gasteiger charge is -2.57. The molecular weight excluding hydrogens is 878 g/mol. The highest BCUT2D eigenvalue weighted by Gasteiger charge is 2.52. The van der Waals surface area contributed by atoms with Gasteiger partial charge in [0.25, 0.3) is 6.71 Å². The third kappa shape index (κ3) is 5.90. The standard InChI is InChI=1S/C66H50BN3O2/c1-3-15-45(16-4-1)50-19-7-10-23-55(50)68(47-17-5-2-6-18-47)49-33-34-54-59(38-49)70(58-26-13-22-52-51-20-8-11-27-60(51)71-64(52)58)57-25-14-24-56-62(57)67(54)65-63(53-21-9-12-28-61(53)72-65)69(56)48-31-29-46(30-32-48)66-39-42-35-43(40-66)37-44(36-42)41-66/h1-34,38,42-44H,35-37,39-41H2. The first-order valence-electron chi connectivity index (χ1n) is 26.0. The Labute approximate surface area is 419 Å². The van der Waals surface area contributed by atoms with Crippen molar-refractivity contribution in [2.45, 2.75) is 43.9 Å². The van der Waals surface area contributed by atoms with Crippen LogP contribution in [0.25, 0.3) is 44.0 Å². The van der Waals surface area contributed by atoms with Crippen LogP contribution < -0.4 is 31.3 Å². The lowest BCUT2D eigenvalue weighted by Crippen LogP contribution is -2.61. The molecule has 17 rings (SSSR count). The van der Waals surface area contributed by atoms with Crippen molar-refractivity contribution in [3.8, 4) is 11.1 Å². The second-order valence-electron chi connectivity index (χ2n) is 21.4. The summed E-state index contributed by atoms with van der Waals surface area (Å²) in [5, 5.41) is 3.32. The van der Waals surface area contributed by atoms with E-state index in [1.807, 2.05) is 0 Å². The monoisotopic (exact) mass is 927 g/mol. The van der Waals surface area contributed by atoms with Crippen molar-refractivity contribution in [2.75, 3.05) is 14.7 Å². The number of rotatable bonds is 7. The summed E-state index contributed by atoms with van der Waals surface area (Å²) in [5.41, 5.74) is 20.0. The molecule has 4 aliphatic carbocycles. The second kappa shape index (κ2) is 15.4. The molecule has 6 heteroatoms. The van der Waals surface area contributed by atoms with E-state index in [1.165, 1.54) is 60.7 Å². The van der Waals surface area contributed by atoms with Gasteiger partial charge in [-0.2, -0.15) is 0 Å². The molecule has 0 spiro atoms. The molecule has 0 radical (unpaired) electrons. The zero-order chi connectivity index (χ0) is 47.1. The average molecular weight is 928 g/mol. The first kappa shape index (κ1) is 40.5. The van der Waals surface area contributed by atoms with Gasteiger partial charge in [0.15, 0.2) is 5.58 Å². The van der Waals surface area contributed by atoms with E-state index < -0.39 is 0 Å². The Morgan fingerprint density at radius 2 is 1.08 bits per heavy atom. The van der Waals surface area contributed by atoms with E-state index in [2.05, 4.69) is 227 Å². The minimum atomic E-state index is -0.196. The van der Waals surface area contributed by atoms with Gasteiger partial charge in [-0.25, -0.2) is 0 Å². The fourth-order valence-corrected chi connectivity index (χ4v) is 14.9. The molecule has 344 valence electrons. The highest BCUT2D eigenvalue weighted by atomic mass is 16.3. The normalized spacial score (nSPS) is 20.3.